The molecule has 1 unspecified atom stereocenters. The van der Waals surface area contributed by atoms with Crippen molar-refractivity contribution in [1.29, 1.82) is 0 Å². The largest absolute Gasteiger partial charge is 0.378 e. The minimum atomic E-state index is 0.0634. The predicted molar refractivity (Wildman–Crippen MR) is 88.5 cm³/mol. The number of unbranched alkanes of at least 4 members (excludes halogenated alkanes) is 1. The van der Waals surface area contributed by atoms with Crippen molar-refractivity contribution in [3.8, 4) is 0 Å². The van der Waals surface area contributed by atoms with E-state index in [2.05, 4.69) is 28.7 Å². The topological polar surface area (TPSA) is 77.7 Å². The summed E-state index contributed by atoms with van der Waals surface area (Å²) < 4.78 is 5.86. The molecule has 1 aliphatic carbocycles. The Morgan fingerprint density at radius 3 is 2.77 bits per heavy atom. The molecule has 1 atom stereocenters. The molecule has 0 bridgehead atoms. The second-order valence-electron chi connectivity index (χ2n) is 5.92. The molecule has 8 heteroatoms. The van der Waals surface area contributed by atoms with Gasteiger partial charge in [-0.3, -0.25) is 4.79 Å². The molecule has 128 valence electrons. The zero-order valence-electron chi connectivity index (χ0n) is 13.6. The van der Waals surface area contributed by atoms with Crippen molar-refractivity contribution in [3.63, 3.8) is 0 Å². The van der Waals surface area contributed by atoms with Crippen LogP contribution in [0.5, 0.6) is 0 Å². The average Bonchev–Trinajstić information content (AvgIpc) is 2.92. The van der Waals surface area contributed by atoms with Gasteiger partial charge in [-0.1, -0.05) is 13.3 Å². The van der Waals surface area contributed by atoms with Gasteiger partial charge in [-0.05, 0) is 32.1 Å². The van der Waals surface area contributed by atoms with E-state index >= 15 is 0 Å². The number of hydrogen-bond acceptors (Lipinski definition) is 7. The highest BCUT2D eigenvalue weighted by molar-refractivity contribution is 8.00. The van der Waals surface area contributed by atoms with Crippen LogP contribution in [0.1, 0.15) is 45.4 Å². The lowest BCUT2D eigenvalue weighted by molar-refractivity contribution is -0.119. The van der Waals surface area contributed by atoms with Crippen molar-refractivity contribution in [2.75, 3.05) is 19.4 Å². The summed E-state index contributed by atoms with van der Waals surface area (Å²) in [5.41, 5.74) is 8.81. The second-order valence-corrected chi connectivity index (χ2v) is 6.99. The minimum absolute atomic E-state index is 0.0634. The molecule has 0 spiro atoms. The minimum Gasteiger partial charge on any atom is -0.378 e. The number of nitrogens with zero attached hydrogens (tertiary/aromatic N) is 1. The Morgan fingerprint density at radius 1 is 1.36 bits per heavy atom. The Bertz CT molecular complexity index is 339. The summed E-state index contributed by atoms with van der Waals surface area (Å²) in [7, 11) is 1.92. The molecule has 0 aromatic rings. The fraction of sp³-hybridized carbons (Fsp3) is 0.929. The number of thioether (sulfide) groups is 1. The normalized spacial score (nSPS) is 29.6. The van der Waals surface area contributed by atoms with Crippen molar-refractivity contribution in [2.24, 2.45) is 0 Å². The predicted octanol–water partition coefficient (Wildman–Crippen LogP) is 0.707. The fourth-order valence-electron chi connectivity index (χ4n) is 2.68. The smallest absolute Gasteiger partial charge is 0.230 e. The number of hydrogen-bond donors (Lipinski definition) is 4. The average molecular weight is 331 g/mol. The summed E-state index contributed by atoms with van der Waals surface area (Å²) in [6.45, 7) is 3.05. The fourth-order valence-corrected chi connectivity index (χ4v) is 3.49. The van der Waals surface area contributed by atoms with Gasteiger partial charge in [-0.2, -0.15) is 11.1 Å². The van der Waals surface area contributed by atoms with Crippen LogP contribution in [0.4, 0.5) is 0 Å². The molecule has 22 heavy (non-hydrogen) atoms. The van der Waals surface area contributed by atoms with Gasteiger partial charge in [0.25, 0.3) is 0 Å². The molecular formula is C14H29N5O2S. The van der Waals surface area contributed by atoms with Crippen LogP contribution < -0.4 is 21.8 Å². The Morgan fingerprint density at radius 2 is 2.14 bits per heavy atom. The molecule has 7 nitrogen and oxygen atoms in total. The zero-order chi connectivity index (χ0) is 15.8. The van der Waals surface area contributed by atoms with Crippen LogP contribution in [0.3, 0.4) is 0 Å². The molecule has 2 aliphatic rings. The number of hydrazine groups is 3. The molecule has 1 saturated carbocycles. The summed E-state index contributed by atoms with van der Waals surface area (Å²) in [5, 5.41) is 5.03. The first-order chi connectivity index (χ1) is 10.7. The number of carbonyl (C=O) groups excluding carboxylic acids is 1. The van der Waals surface area contributed by atoms with Crippen LogP contribution in [0.15, 0.2) is 0 Å². The van der Waals surface area contributed by atoms with Crippen LogP contribution in [0.2, 0.25) is 0 Å². The number of nitrogens with one attached hydrogen (secondary N) is 4. The molecule has 1 heterocycles. The van der Waals surface area contributed by atoms with Crippen LogP contribution in [0, 0.1) is 0 Å². The summed E-state index contributed by atoms with van der Waals surface area (Å²) in [4.78, 5) is 12.0. The highest BCUT2D eigenvalue weighted by atomic mass is 32.2. The standard InChI is InChI=1S/C14H29N5O2S/c1-3-4-9-21-12-7-5-11(6-8-12)15-13(20)10-22-14-16-17-18-19(14)2/h11-12,14,16-18H,3-10H2,1-2H3,(H,15,20). The quantitative estimate of drug-likeness (QED) is 0.488. The van der Waals surface area contributed by atoms with Crippen LogP contribution >= 0.6 is 11.8 Å². The summed E-state index contributed by atoms with van der Waals surface area (Å²) in [5.74, 6) is 0.570. The van der Waals surface area contributed by atoms with E-state index in [0.29, 0.717) is 17.9 Å². The third-order valence-electron chi connectivity index (χ3n) is 4.04. The molecule has 0 aromatic heterocycles. The summed E-state index contributed by atoms with van der Waals surface area (Å²) in [6.07, 6.45) is 6.88. The highest BCUT2D eigenvalue weighted by Crippen LogP contribution is 2.22. The van der Waals surface area contributed by atoms with Gasteiger partial charge in [0.1, 0.15) is 5.50 Å². The molecule has 2 rings (SSSR count). The molecule has 0 aromatic carbocycles. The molecule has 1 aliphatic heterocycles. The lowest BCUT2D eigenvalue weighted by Gasteiger charge is -2.29. The first-order valence-corrected chi connectivity index (χ1v) is 9.25. The maximum atomic E-state index is 12.0. The van der Waals surface area contributed by atoms with E-state index in [1.54, 1.807) is 11.8 Å². The van der Waals surface area contributed by atoms with Crippen LogP contribution in [0.25, 0.3) is 0 Å². The Labute approximate surface area is 137 Å². The molecular weight excluding hydrogens is 302 g/mol. The van der Waals surface area contributed by atoms with Crippen molar-refractivity contribution in [2.45, 2.75) is 63.1 Å². The molecule has 1 saturated heterocycles. The third kappa shape index (κ3) is 6.02. The highest BCUT2D eigenvalue weighted by Gasteiger charge is 2.24. The van der Waals surface area contributed by atoms with Crippen LogP contribution in [-0.2, 0) is 9.53 Å². The maximum Gasteiger partial charge on any atom is 0.230 e. The van der Waals surface area contributed by atoms with Gasteiger partial charge >= 0.3 is 0 Å². The number of rotatable bonds is 8. The lowest BCUT2D eigenvalue weighted by atomic mass is 9.93. The van der Waals surface area contributed by atoms with E-state index in [1.165, 1.54) is 6.42 Å². The summed E-state index contributed by atoms with van der Waals surface area (Å²) in [6, 6.07) is 0.310. The first-order valence-electron chi connectivity index (χ1n) is 8.20. The van der Waals surface area contributed by atoms with E-state index in [-0.39, 0.29) is 11.4 Å². The second kappa shape index (κ2) is 9.69. The van der Waals surface area contributed by atoms with Crippen molar-refractivity contribution < 1.29 is 9.53 Å². The van der Waals surface area contributed by atoms with E-state index < -0.39 is 0 Å². The summed E-state index contributed by atoms with van der Waals surface area (Å²) >= 11 is 1.56. The monoisotopic (exact) mass is 331 g/mol. The molecule has 0 radical (unpaired) electrons. The van der Waals surface area contributed by atoms with Crippen molar-refractivity contribution in [1.82, 2.24) is 26.8 Å². The van der Waals surface area contributed by atoms with Gasteiger partial charge in [0, 0.05) is 19.7 Å². The van der Waals surface area contributed by atoms with Gasteiger partial charge in [-0.25, -0.2) is 10.4 Å². The van der Waals surface area contributed by atoms with Gasteiger partial charge in [-0.15, -0.1) is 11.8 Å². The first kappa shape index (κ1) is 18.0. The van der Waals surface area contributed by atoms with Gasteiger partial charge in [0.2, 0.25) is 5.91 Å². The maximum absolute atomic E-state index is 12.0. The van der Waals surface area contributed by atoms with Crippen molar-refractivity contribution in [3.05, 3.63) is 0 Å². The number of carbonyl (C=O) groups is 1. The number of ether oxygens (including phenoxy) is 1. The van der Waals surface area contributed by atoms with Gasteiger partial charge < -0.3 is 10.1 Å². The van der Waals surface area contributed by atoms with Gasteiger partial charge in [0.05, 0.1) is 11.9 Å². The van der Waals surface area contributed by atoms with E-state index in [4.69, 9.17) is 4.74 Å². The third-order valence-corrected chi connectivity index (χ3v) is 5.22. The van der Waals surface area contributed by atoms with Gasteiger partial charge in [0.15, 0.2) is 0 Å². The Hall–Kier alpha value is -0.380. The molecule has 4 N–H and O–H groups in total. The SMILES string of the molecule is CCCCOC1CCC(NC(=O)CSC2NNNN2C)CC1. The number of amides is 1. The van der Waals surface area contributed by atoms with E-state index in [9.17, 15) is 4.79 Å². The zero-order valence-corrected chi connectivity index (χ0v) is 14.4. The van der Waals surface area contributed by atoms with E-state index in [0.717, 1.165) is 38.7 Å². The molecule has 2 fully saturated rings. The Balaban J connectivity index is 1.56. The van der Waals surface area contributed by atoms with Crippen molar-refractivity contribution >= 4 is 17.7 Å². The molecule has 1 amide bonds. The van der Waals surface area contributed by atoms with E-state index in [1.807, 2.05) is 12.1 Å². The Kier molecular flexibility index (Phi) is 7.91. The van der Waals surface area contributed by atoms with Crippen LogP contribution in [-0.4, -0.2) is 48.0 Å². The lowest BCUT2D eigenvalue weighted by Crippen LogP contribution is -2.41.